The fourth-order valence-corrected chi connectivity index (χ4v) is 2.09. The number of hydrogen-bond donors (Lipinski definition) is 2. The average Bonchev–Trinajstić information content (AvgIpc) is 2.37. The van der Waals surface area contributed by atoms with Crippen molar-refractivity contribution in [3.63, 3.8) is 0 Å². The number of amides is 1. The molecule has 20 heavy (non-hydrogen) atoms. The van der Waals surface area contributed by atoms with Gasteiger partial charge in [-0.3, -0.25) is 9.59 Å². The molecular formula is C15H20ClNO3. The van der Waals surface area contributed by atoms with Gasteiger partial charge in [0.1, 0.15) is 0 Å². The summed E-state index contributed by atoms with van der Waals surface area (Å²) in [6, 6.07) is 7.26. The first kappa shape index (κ1) is 16.5. The van der Waals surface area contributed by atoms with Gasteiger partial charge in [-0.1, -0.05) is 36.6 Å². The molecule has 0 radical (unpaired) electrons. The number of hydrogen-bond acceptors (Lipinski definition) is 2. The molecule has 0 aliphatic carbocycles. The summed E-state index contributed by atoms with van der Waals surface area (Å²) in [6.07, 6.45) is 3.95. The minimum atomic E-state index is -0.750. The molecule has 1 aromatic rings. The maximum atomic E-state index is 11.7. The molecule has 0 saturated carbocycles. The topological polar surface area (TPSA) is 66.4 Å². The number of benzene rings is 1. The molecule has 1 amide bonds. The predicted molar refractivity (Wildman–Crippen MR) is 78.9 cm³/mol. The Balaban J connectivity index is 2.07. The van der Waals surface area contributed by atoms with Crippen LogP contribution in [-0.4, -0.2) is 23.5 Å². The Bertz CT molecular complexity index is 448. The summed E-state index contributed by atoms with van der Waals surface area (Å²) in [5.41, 5.74) is 0.899. The highest BCUT2D eigenvalue weighted by Gasteiger charge is 2.03. The largest absolute Gasteiger partial charge is 0.481 e. The van der Waals surface area contributed by atoms with E-state index in [9.17, 15) is 9.59 Å². The number of nitrogens with one attached hydrogen (secondary N) is 1. The molecule has 4 nitrogen and oxygen atoms in total. The lowest BCUT2D eigenvalue weighted by molar-refractivity contribution is -0.137. The van der Waals surface area contributed by atoms with Crippen molar-refractivity contribution >= 4 is 23.5 Å². The first-order chi connectivity index (χ1) is 9.58. The normalized spacial score (nSPS) is 10.2. The van der Waals surface area contributed by atoms with E-state index in [2.05, 4.69) is 5.32 Å². The first-order valence-electron chi connectivity index (χ1n) is 6.81. The van der Waals surface area contributed by atoms with Crippen LogP contribution in [0.15, 0.2) is 24.3 Å². The standard InChI is InChI=1S/C15H20ClNO3/c16-13-7-5-6-12(10-13)11-14(18)17-9-4-2-1-3-8-15(19)20/h5-7,10H,1-4,8-9,11H2,(H,17,18)(H,19,20). The van der Waals surface area contributed by atoms with E-state index in [1.54, 1.807) is 12.1 Å². The zero-order valence-electron chi connectivity index (χ0n) is 11.4. The first-order valence-corrected chi connectivity index (χ1v) is 7.18. The second-order valence-corrected chi connectivity index (χ2v) is 5.15. The smallest absolute Gasteiger partial charge is 0.303 e. The van der Waals surface area contributed by atoms with E-state index in [0.717, 1.165) is 24.8 Å². The van der Waals surface area contributed by atoms with E-state index in [1.165, 1.54) is 0 Å². The van der Waals surface area contributed by atoms with E-state index in [4.69, 9.17) is 16.7 Å². The number of carboxylic acids is 1. The van der Waals surface area contributed by atoms with E-state index in [1.807, 2.05) is 12.1 Å². The van der Waals surface area contributed by atoms with Crippen LogP contribution < -0.4 is 5.32 Å². The molecule has 0 heterocycles. The summed E-state index contributed by atoms with van der Waals surface area (Å²) < 4.78 is 0. The fourth-order valence-electron chi connectivity index (χ4n) is 1.88. The average molecular weight is 298 g/mol. The maximum absolute atomic E-state index is 11.7. The van der Waals surface area contributed by atoms with Crippen LogP contribution in [0.3, 0.4) is 0 Å². The van der Waals surface area contributed by atoms with Gasteiger partial charge >= 0.3 is 5.97 Å². The van der Waals surface area contributed by atoms with Crippen molar-refractivity contribution in [2.45, 2.75) is 38.5 Å². The zero-order chi connectivity index (χ0) is 14.8. The van der Waals surface area contributed by atoms with Crippen molar-refractivity contribution in [3.05, 3.63) is 34.9 Å². The van der Waals surface area contributed by atoms with Gasteiger partial charge in [0, 0.05) is 18.0 Å². The third-order valence-corrected chi connectivity index (χ3v) is 3.13. The van der Waals surface area contributed by atoms with Gasteiger partial charge in [0.05, 0.1) is 6.42 Å². The molecule has 0 atom stereocenters. The van der Waals surface area contributed by atoms with Crippen molar-refractivity contribution in [1.29, 1.82) is 0 Å². The molecule has 5 heteroatoms. The SMILES string of the molecule is O=C(O)CCCCCCNC(=O)Cc1cccc(Cl)c1. The van der Waals surface area contributed by atoms with Crippen molar-refractivity contribution in [2.24, 2.45) is 0 Å². The quantitative estimate of drug-likeness (QED) is 0.689. The molecule has 0 unspecified atom stereocenters. The Kier molecular flexibility index (Phi) is 7.73. The van der Waals surface area contributed by atoms with Crippen LogP contribution in [0.4, 0.5) is 0 Å². The number of halogens is 1. The molecular weight excluding hydrogens is 278 g/mol. The molecule has 1 aromatic carbocycles. The third kappa shape index (κ3) is 7.79. The van der Waals surface area contributed by atoms with Gasteiger partial charge in [-0.05, 0) is 30.5 Å². The summed E-state index contributed by atoms with van der Waals surface area (Å²) in [5.74, 6) is -0.766. The lowest BCUT2D eigenvalue weighted by Gasteiger charge is -2.05. The minimum absolute atomic E-state index is 0.0159. The van der Waals surface area contributed by atoms with Gasteiger partial charge in [-0.25, -0.2) is 0 Å². The molecule has 0 bridgehead atoms. The number of aliphatic carboxylic acids is 1. The summed E-state index contributed by atoms with van der Waals surface area (Å²) in [7, 11) is 0. The molecule has 0 aliphatic rings. The van der Waals surface area contributed by atoms with E-state index >= 15 is 0 Å². The van der Waals surface area contributed by atoms with E-state index in [-0.39, 0.29) is 12.3 Å². The number of carbonyl (C=O) groups is 2. The van der Waals surface area contributed by atoms with Crippen LogP contribution in [0.1, 0.15) is 37.7 Å². The molecule has 0 fully saturated rings. The third-order valence-electron chi connectivity index (χ3n) is 2.89. The van der Waals surface area contributed by atoms with Gasteiger partial charge in [0.15, 0.2) is 0 Å². The van der Waals surface area contributed by atoms with Gasteiger partial charge in [0.25, 0.3) is 0 Å². The van der Waals surface area contributed by atoms with E-state index in [0.29, 0.717) is 24.4 Å². The molecule has 0 aromatic heterocycles. The van der Waals surface area contributed by atoms with Crippen molar-refractivity contribution in [2.75, 3.05) is 6.54 Å². The second kappa shape index (κ2) is 9.37. The van der Waals surface area contributed by atoms with Crippen LogP contribution in [0, 0.1) is 0 Å². The van der Waals surface area contributed by atoms with Crippen LogP contribution in [0.2, 0.25) is 5.02 Å². The molecule has 0 aliphatic heterocycles. The van der Waals surface area contributed by atoms with Crippen LogP contribution in [-0.2, 0) is 16.0 Å². The number of carbonyl (C=O) groups excluding carboxylic acids is 1. The summed E-state index contributed by atoms with van der Waals surface area (Å²) in [5, 5.41) is 12.0. The van der Waals surface area contributed by atoms with Crippen LogP contribution in [0.25, 0.3) is 0 Å². The van der Waals surface area contributed by atoms with Crippen LogP contribution >= 0.6 is 11.6 Å². The van der Waals surface area contributed by atoms with Crippen molar-refractivity contribution < 1.29 is 14.7 Å². The zero-order valence-corrected chi connectivity index (χ0v) is 12.2. The van der Waals surface area contributed by atoms with Crippen LogP contribution in [0.5, 0.6) is 0 Å². The van der Waals surface area contributed by atoms with Crippen molar-refractivity contribution in [1.82, 2.24) is 5.32 Å². The Hall–Kier alpha value is -1.55. The van der Waals surface area contributed by atoms with Crippen molar-refractivity contribution in [3.8, 4) is 0 Å². The highest BCUT2D eigenvalue weighted by molar-refractivity contribution is 6.30. The molecule has 0 spiro atoms. The molecule has 2 N–H and O–H groups in total. The Labute approximate surface area is 124 Å². The molecule has 0 saturated heterocycles. The highest BCUT2D eigenvalue weighted by Crippen LogP contribution is 2.11. The Morgan fingerprint density at radius 1 is 1.15 bits per heavy atom. The van der Waals surface area contributed by atoms with Gasteiger partial charge in [0.2, 0.25) is 5.91 Å². The molecule has 110 valence electrons. The number of unbranched alkanes of at least 4 members (excludes halogenated alkanes) is 3. The van der Waals surface area contributed by atoms with Gasteiger partial charge < -0.3 is 10.4 Å². The minimum Gasteiger partial charge on any atom is -0.481 e. The Morgan fingerprint density at radius 3 is 2.60 bits per heavy atom. The predicted octanol–water partition coefficient (Wildman–Crippen LogP) is 3.03. The summed E-state index contributed by atoms with van der Waals surface area (Å²) in [6.45, 7) is 0.631. The van der Waals surface area contributed by atoms with Gasteiger partial charge in [-0.15, -0.1) is 0 Å². The number of rotatable bonds is 9. The Morgan fingerprint density at radius 2 is 1.90 bits per heavy atom. The lowest BCUT2D eigenvalue weighted by Crippen LogP contribution is -2.26. The second-order valence-electron chi connectivity index (χ2n) is 4.71. The summed E-state index contributed by atoms with van der Waals surface area (Å²) in [4.78, 5) is 22.0. The monoisotopic (exact) mass is 297 g/mol. The number of carboxylic acid groups (broad SMARTS) is 1. The summed E-state index contributed by atoms with van der Waals surface area (Å²) >= 11 is 5.85. The fraction of sp³-hybridized carbons (Fsp3) is 0.467. The maximum Gasteiger partial charge on any atom is 0.303 e. The van der Waals surface area contributed by atoms with E-state index < -0.39 is 5.97 Å². The van der Waals surface area contributed by atoms with Gasteiger partial charge in [-0.2, -0.15) is 0 Å². The molecule has 1 rings (SSSR count). The highest BCUT2D eigenvalue weighted by atomic mass is 35.5. The lowest BCUT2D eigenvalue weighted by atomic mass is 10.1.